The SMILES string of the molecule is C/C=C/COC(=O)CP(=O)(OCC)c1ccccc1. The highest BCUT2D eigenvalue weighted by Crippen LogP contribution is 2.45. The monoisotopic (exact) mass is 282 g/mol. The molecule has 5 heteroatoms. The second kappa shape index (κ2) is 7.93. The van der Waals surface area contributed by atoms with Gasteiger partial charge in [-0.15, -0.1) is 0 Å². The normalized spacial score (nSPS) is 14.2. The van der Waals surface area contributed by atoms with E-state index in [1.807, 2.05) is 13.0 Å². The first kappa shape index (κ1) is 15.7. The lowest BCUT2D eigenvalue weighted by molar-refractivity contribution is -0.139. The maximum atomic E-state index is 12.7. The number of esters is 1. The van der Waals surface area contributed by atoms with Gasteiger partial charge in [0.1, 0.15) is 12.8 Å². The zero-order chi connectivity index (χ0) is 14.1. The van der Waals surface area contributed by atoms with Gasteiger partial charge in [0.25, 0.3) is 0 Å². The average molecular weight is 282 g/mol. The predicted molar refractivity (Wildman–Crippen MR) is 75.9 cm³/mol. The fourth-order valence-electron chi connectivity index (χ4n) is 1.53. The van der Waals surface area contributed by atoms with E-state index in [4.69, 9.17) is 9.26 Å². The third kappa shape index (κ3) is 5.01. The van der Waals surface area contributed by atoms with Crippen LogP contribution in [-0.4, -0.2) is 25.3 Å². The van der Waals surface area contributed by atoms with Crippen molar-refractivity contribution in [3.05, 3.63) is 42.5 Å². The number of hydrogen-bond donors (Lipinski definition) is 0. The number of carbonyl (C=O) groups is 1. The maximum Gasteiger partial charge on any atom is 0.316 e. The van der Waals surface area contributed by atoms with E-state index in [9.17, 15) is 9.36 Å². The topological polar surface area (TPSA) is 52.6 Å². The molecule has 0 N–H and O–H groups in total. The summed E-state index contributed by atoms with van der Waals surface area (Å²) < 4.78 is 23.0. The Hall–Kier alpha value is -1.38. The molecule has 0 spiro atoms. The first-order valence-corrected chi connectivity index (χ1v) is 7.99. The molecule has 0 fully saturated rings. The van der Waals surface area contributed by atoms with Gasteiger partial charge in [0.05, 0.1) is 6.61 Å². The van der Waals surface area contributed by atoms with Gasteiger partial charge in [0.2, 0.25) is 7.37 Å². The number of hydrogen-bond acceptors (Lipinski definition) is 4. The van der Waals surface area contributed by atoms with Crippen LogP contribution in [0.1, 0.15) is 13.8 Å². The lowest BCUT2D eigenvalue weighted by atomic mass is 10.4. The standard InChI is InChI=1S/C14H19O4P/c1-3-5-11-17-14(15)12-19(16,18-4-2)13-9-7-6-8-10-13/h3,5-10H,4,11-12H2,1-2H3/b5-3+. The number of allylic oxidation sites excluding steroid dienone is 1. The molecule has 0 radical (unpaired) electrons. The highest BCUT2D eigenvalue weighted by atomic mass is 31.2. The van der Waals surface area contributed by atoms with E-state index >= 15 is 0 Å². The van der Waals surface area contributed by atoms with Crippen LogP contribution in [0.5, 0.6) is 0 Å². The molecule has 0 aliphatic heterocycles. The Labute approximate surface area is 113 Å². The van der Waals surface area contributed by atoms with Crippen LogP contribution >= 0.6 is 7.37 Å². The number of benzene rings is 1. The van der Waals surface area contributed by atoms with Crippen LogP contribution in [0.25, 0.3) is 0 Å². The van der Waals surface area contributed by atoms with Crippen LogP contribution in [0.15, 0.2) is 42.5 Å². The van der Waals surface area contributed by atoms with Crippen LogP contribution < -0.4 is 5.30 Å². The highest BCUT2D eigenvalue weighted by molar-refractivity contribution is 7.67. The molecule has 0 aliphatic rings. The van der Waals surface area contributed by atoms with Crippen molar-refractivity contribution in [2.75, 3.05) is 19.4 Å². The van der Waals surface area contributed by atoms with Crippen molar-refractivity contribution in [2.24, 2.45) is 0 Å². The van der Waals surface area contributed by atoms with Crippen LogP contribution in [0.4, 0.5) is 0 Å². The Kier molecular flexibility index (Phi) is 6.54. The van der Waals surface area contributed by atoms with E-state index in [2.05, 4.69) is 0 Å². The second-order valence-electron chi connectivity index (χ2n) is 3.84. The van der Waals surface area contributed by atoms with Crippen molar-refractivity contribution in [2.45, 2.75) is 13.8 Å². The summed E-state index contributed by atoms with van der Waals surface area (Å²) in [6.45, 7) is 4.06. The number of rotatable bonds is 7. The highest BCUT2D eigenvalue weighted by Gasteiger charge is 2.29. The molecular formula is C14H19O4P. The summed E-state index contributed by atoms with van der Waals surface area (Å²) in [7, 11) is -3.18. The maximum absolute atomic E-state index is 12.7. The zero-order valence-corrected chi connectivity index (χ0v) is 12.1. The Morgan fingerprint density at radius 3 is 2.58 bits per heavy atom. The lowest BCUT2D eigenvalue weighted by Gasteiger charge is -2.17. The van der Waals surface area contributed by atoms with Crippen molar-refractivity contribution >= 4 is 18.6 Å². The minimum absolute atomic E-state index is 0.191. The van der Waals surface area contributed by atoms with Gasteiger partial charge in [-0.25, -0.2) is 0 Å². The van der Waals surface area contributed by atoms with E-state index in [1.54, 1.807) is 43.3 Å². The average Bonchev–Trinajstić information content (AvgIpc) is 2.40. The molecule has 0 saturated carbocycles. The van der Waals surface area contributed by atoms with E-state index < -0.39 is 13.3 Å². The van der Waals surface area contributed by atoms with Gasteiger partial charge in [-0.05, 0) is 26.0 Å². The predicted octanol–water partition coefficient (Wildman–Crippen LogP) is 2.75. The summed E-state index contributed by atoms with van der Waals surface area (Å²) in [5.74, 6) is -0.515. The molecular weight excluding hydrogens is 263 g/mol. The van der Waals surface area contributed by atoms with E-state index in [0.29, 0.717) is 5.30 Å². The Bertz CT molecular complexity index is 468. The van der Waals surface area contributed by atoms with Crippen molar-refractivity contribution < 1.29 is 18.6 Å². The Balaban J connectivity index is 2.77. The minimum atomic E-state index is -3.18. The Morgan fingerprint density at radius 2 is 2.00 bits per heavy atom. The van der Waals surface area contributed by atoms with Crippen molar-refractivity contribution in [3.8, 4) is 0 Å². The lowest BCUT2D eigenvalue weighted by Crippen LogP contribution is -2.18. The number of ether oxygens (including phenoxy) is 1. The molecule has 1 aromatic rings. The quantitative estimate of drug-likeness (QED) is 0.438. The molecule has 1 aromatic carbocycles. The van der Waals surface area contributed by atoms with Crippen LogP contribution in [0.2, 0.25) is 0 Å². The van der Waals surface area contributed by atoms with Crippen molar-refractivity contribution in [1.29, 1.82) is 0 Å². The van der Waals surface area contributed by atoms with Gasteiger partial charge in [-0.2, -0.15) is 0 Å². The molecule has 0 bridgehead atoms. The molecule has 1 atom stereocenters. The van der Waals surface area contributed by atoms with Gasteiger partial charge in [0, 0.05) is 5.30 Å². The molecule has 0 amide bonds. The Morgan fingerprint density at radius 1 is 1.32 bits per heavy atom. The van der Waals surface area contributed by atoms with E-state index in [-0.39, 0.29) is 19.4 Å². The summed E-state index contributed by atoms with van der Waals surface area (Å²) in [6, 6.07) is 8.77. The largest absolute Gasteiger partial charge is 0.461 e. The summed E-state index contributed by atoms with van der Waals surface area (Å²) in [4.78, 5) is 11.7. The smallest absolute Gasteiger partial charge is 0.316 e. The summed E-state index contributed by atoms with van der Waals surface area (Å²) in [5.41, 5.74) is 0. The molecule has 1 rings (SSSR count). The van der Waals surface area contributed by atoms with E-state index in [1.165, 1.54) is 0 Å². The van der Waals surface area contributed by atoms with Gasteiger partial charge < -0.3 is 9.26 Å². The molecule has 19 heavy (non-hydrogen) atoms. The van der Waals surface area contributed by atoms with Crippen molar-refractivity contribution in [1.82, 2.24) is 0 Å². The minimum Gasteiger partial charge on any atom is -0.461 e. The van der Waals surface area contributed by atoms with Crippen LogP contribution in [0.3, 0.4) is 0 Å². The zero-order valence-electron chi connectivity index (χ0n) is 11.2. The summed E-state index contributed by atoms with van der Waals surface area (Å²) >= 11 is 0. The molecule has 4 nitrogen and oxygen atoms in total. The molecule has 104 valence electrons. The first-order chi connectivity index (χ1) is 9.12. The molecule has 1 unspecified atom stereocenters. The summed E-state index contributed by atoms with van der Waals surface area (Å²) in [6.07, 6.45) is 3.26. The number of carbonyl (C=O) groups excluding carboxylic acids is 1. The third-order valence-electron chi connectivity index (χ3n) is 2.40. The molecule has 0 heterocycles. The van der Waals surface area contributed by atoms with Gasteiger partial charge in [-0.1, -0.05) is 30.4 Å². The fourth-order valence-corrected chi connectivity index (χ4v) is 3.43. The van der Waals surface area contributed by atoms with E-state index in [0.717, 1.165) is 0 Å². The fraction of sp³-hybridized carbons (Fsp3) is 0.357. The second-order valence-corrected chi connectivity index (χ2v) is 6.27. The van der Waals surface area contributed by atoms with Gasteiger partial charge in [-0.3, -0.25) is 9.36 Å². The van der Waals surface area contributed by atoms with Crippen LogP contribution in [0, 0.1) is 0 Å². The van der Waals surface area contributed by atoms with Crippen LogP contribution in [-0.2, 0) is 18.6 Å². The third-order valence-corrected chi connectivity index (χ3v) is 4.84. The molecule has 0 saturated heterocycles. The molecule has 0 aliphatic carbocycles. The van der Waals surface area contributed by atoms with Crippen molar-refractivity contribution in [3.63, 3.8) is 0 Å². The van der Waals surface area contributed by atoms with Gasteiger partial charge in [0.15, 0.2) is 0 Å². The summed E-state index contributed by atoms with van der Waals surface area (Å²) in [5, 5.41) is 0.542. The first-order valence-electron chi connectivity index (χ1n) is 6.18. The van der Waals surface area contributed by atoms with Gasteiger partial charge >= 0.3 is 5.97 Å². The molecule has 0 aromatic heterocycles.